The number of hydrogen-bond acceptors (Lipinski definition) is 6. The van der Waals surface area contributed by atoms with Crippen molar-refractivity contribution in [2.24, 2.45) is 0 Å². The molecule has 0 aromatic heterocycles. The molecular weight excluding hydrogens is 454 g/mol. The van der Waals surface area contributed by atoms with Crippen LogP contribution < -0.4 is 15.0 Å². The first kappa shape index (κ1) is 21.4. The van der Waals surface area contributed by atoms with E-state index in [4.69, 9.17) is 16.3 Å². The Bertz CT molecular complexity index is 1070. The van der Waals surface area contributed by atoms with E-state index in [1.165, 1.54) is 34.9 Å². The number of nitrogens with zero attached hydrogens (tertiary/aromatic N) is 1. The second-order valence-electron chi connectivity index (χ2n) is 6.73. The van der Waals surface area contributed by atoms with Gasteiger partial charge >= 0.3 is 12.6 Å². The standard InChI is InChI=1S/C20H15ClF2N2O5S/c21-12-9-11(5-6-14(12)30-19(22)23)24-16(26)10-29-18(28)20-8-7-17(27)25(20)13-3-1-2-4-15(13)31-20/h1-6,9,19H,7-8,10H2,(H,24,26). The number of halogens is 3. The third-order valence-corrected chi connectivity index (χ3v) is 6.51. The molecule has 1 unspecified atom stereocenters. The van der Waals surface area contributed by atoms with Crippen LogP contribution in [-0.4, -0.2) is 35.9 Å². The molecule has 31 heavy (non-hydrogen) atoms. The summed E-state index contributed by atoms with van der Waals surface area (Å²) in [5, 5.41) is 2.35. The summed E-state index contributed by atoms with van der Waals surface area (Å²) in [6.07, 6.45) is 0.473. The summed E-state index contributed by atoms with van der Waals surface area (Å²) >= 11 is 7.09. The largest absolute Gasteiger partial charge is 0.453 e. The lowest BCUT2D eigenvalue weighted by molar-refractivity contribution is -0.149. The fourth-order valence-corrected chi connectivity index (χ4v) is 5.12. The molecular formula is C20H15ClF2N2O5S. The Hall–Kier alpha value is -2.85. The number of para-hydroxylation sites is 1. The van der Waals surface area contributed by atoms with Gasteiger partial charge in [-0.2, -0.15) is 8.78 Å². The molecule has 2 aromatic rings. The molecule has 2 aromatic carbocycles. The first-order chi connectivity index (χ1) is 14.8. The molecule has 0 bridgehead atoms. The number of thioether (sulfide) groups is 1. The lowest BCUT2D eigenvalue weighted by Gasteiger charge is -2.28. The lowest BCUT2D eigenvalue weighted by atomic mass is 10.2. The van der Waals surface area contributed by atoms with Gasteiger partial charge in [0.1, 0.15) is 5.75 Å². The van der Waals surface area contributed by atoms with Crippen molar-refractivity contribution in [1.82, 2.24) is 0 Å². The number of rotatable bonds is 6. The molecule has 0 aliphatic carbocycles. The SMILES string of the molecule is O=C(COC(=O)C12CCC(=O)N1c1ccccc1S2)Nc1ccc(OC(F)F)c(Cl)c1. The first-order valence-corrected chi connectivity index (χ1v) is 10.3. The van der Waals surface area contributed by atoms with Crippen molar-refractivity contribution in [3.8, 4) is 5.75 Å². The Kier molecular flexibility index (Phi) is 5.76. The van der Waals surface area contributed by atoms with E-state index >= 15 is 0 Å². The van der Waals surface area contributed by atoms with Gasteiger partial charge in [0.15, 0.2) is 11.5 Å². The maximum Gasteiger partial charge on any atom is 0.387 e. The number of alkyl halides is 2. The summed E-state index contributed by atoms with van der Waals surface area (Å²) in [5.74, 6) is -1.75. The number of ether oxygens (including phenoxy) is 2. The summed E-state index contributed by atoms with van der Waals surface area (Å²) in [4.78, 5) is 38.5. The Morgan fingerprint density at radius 3 is 2.77 bits per heavy atom. The zero-order chi connectivity index (χ0) is 22.2. The highest BCUT2D eigenvalue weighted by molar-refractivity contribution is 8.02. The normalized spacial score (nSPS) is 19.2. The van der Waals surface area contributed by atoms with Gasteiger partial charge in [-0.15, -0.1) is 0 Å². The van der Waals surface area contributed by atoms with Crippen LogP contribution in [0.1, 0.15) is 12.8 Å². The molecule has 2 amide bonds. The molecule has 2 heterocycles. The number of nitrogens with one attached hydrogen (secondary N) is 1. The molecule has 1 fully saturated rings. The van der Waals surface area contributed by atoms with Crippen molar-refractivity contribution < 1.29 is 32.6 Å². The zero-order valence-corrected chi connectivity index (χ0v) is 17.3. The molecule has 0 saturated carbocycles. The highest BCUT2D eigenvalue weighted by Crippen LogP contribution is 2.56. The maximum absolute atomic E-state index is 12.9. The number of fused-ring (bicyclic) bond motifs is 3. The molecule has 1 saturated heterocycles. The third kappa shape index (κ3) is 4.05. The summed E-state index contributed by atoms with van der Waals surface area (Å²) in [7, 11) is 0. The Morgan fingerprint density at radius 2 is 2.03 bits per heavy atom. The molecule has 1 atom stereocenters. The van der Waals surface area contributed by atoms with Crippen LogP contribution in [0.15, 0.2) is 47.4 Å². The van der Waals surface area contributed by atoms with Gasteiger partial charge in [0.2, 0.25) is 5.91 Å². The topological polar surface area (TPSA) is 84.9 Å². The zero-order valence-electron chi connectivity index (χ0n) is 15.8. The average Bonchev–Trinajstić information content (AvgIpc) is 3.24. The molecule has 2 aliphatic rings. The van der Waals surface area contributed by atoms with Crippen LogP contribution in [-0.2, 0) is 19.1 Å². The fourth-order valence-electron chi connectivity index (χ4n) is 3.48. The summed E-state index contributed by atoms with van der Waals surface area (Å²) in [6, 6.07) is 10.9. The molecule has 2 aliphatic heterocycles. The number of hydrogen-bond donors (Lipinski definition) is 1. The van der Waals surface area contributed by atoms with Crippen molar-refractivity contribution in [2.45, 2.75) is 29.2 Å². The molecule has 0 radical (unpaired) electrons. The smallest absolute Gasteiger partial charge is 0.387 e. The van der Waals surface area contributed by atoms with E-state index in [2.05, 4.69) is 10.1 Å². The average molecular weight is 469 g/mol. The van der Waals surface area contributed by atoms with Crippen LogP contribution in [0.4, 0.5) is 20.2 Å². The van der Waals surface area contributed by atoms with E-state index < -0.39 is 30.0 Å². The maximum atomic E-state index is 12.9. The van der Waals surface area contributed by atoms with Gasteiger partial charge in [-0.05, 0) is 30.3 Å². The quantitative estimate of drug-likeness (QED) is 0.644. The highest BCUT2D eigenvalue weighted by Gasteiger charge is 2.58. The molecule has 1 N–H and O–H groups in total. The Morgan fingerprint density at radius 1 is 1.26 bits per heavy atom. The molecule has 7 nitrogen and oxygen atoms in total. The number of carbonyl (C=O) groups is 3. The second-order valence-corrected chi connectivity index (χ2v) is 8.46. The Balaban J connectivity index is 1.39. The van der Waals surface area contributed by atoms with Gasteiger partial charge in [-0.25, -0.2) is 4.79 Å². The van der Waals surface area contributed by atoms with E-state index in [0.717, 1.165) is 4.90 Å². The minimum Gasteiger partial charge on any atom is -0.453 e. The molecule has 0 spiro atoms. The van der Waals surface area contributed by atoms with E-state index in [-0.39, 0.29) is 35.2 Å². The van der Waals surface area contributed by atoms with Crippen LogP contribution in [0, 0.1) is 0 Å². The van der Waals surface area contributed by atoms with Gasteiger partial charge in [0.05, 0.1) is 10.7 Å². The summed E-state index contributed by atoms with van der Waals surface area (Å²) < 4.78 is 34.0. The van der Waals surface area contributed by atoms with Gasteiger partial charge in [-0.3, -0.25) is 14.5 Å². The molecule has 11 heteroatoms. The van der Waals surface area contributed by atoms with Gasteiger partial charge in [0, 0.05) is 23.4 Å². The van der Waals surface area contributed by atoms with Gasteiger partial charge in [-0.1, -0.05) is 35.5 Å². The van der Waals surface area contributed by atoms with E-state index in [0.29, 0.717) is 5.69 Å². The number of amides is 2. The summed E-state index contributed by atoms with van der Waals surface area (Å²) in [6.45, 7) is -3.62. The predicted octanol–water partition coefficient (Wildman–Crippen LogP) is 4.05. The third-order valence-electron chi connectivity index (χ3n) is 4.76. The van der Waals surface area contributed by atoms with Gasteiger partial charge < -0.3 is 14.8 Å². The van der Waals surface area contributed by atoms with Crippen molar-refractivity contribution >= 4 is 52.5 Å². The van der Waals surface area contributed by atoms with Crippen molar-refractivity contribution in [3.05, 3.63) is 47.5 Å². The second kappa shape index (κ2) is 8.35. The minimum atomic E-state index is -3.03. The van der Waals surface area contributed by atoms with Crippen LogP contribution in [0.25, 0.3) is 0 Å². The number of carbonyl (C=O) groups excluding carboxylic acids is 3. The van der Waals surface area contributed by atoms with Crippen LogP contribution >= 0.6 is 23.4 Å². The predicted molar refractivity (Wildman–Crippen MR) is 109 cm³/mol. The van der Waals surface area contributed by atoms with Crippen LogP contribution in [0.5, 0.6) is 5.75 Å². The van der Waals surface area contributed by atoms with Crippen molar-refractivity contribution in [2.75, 3.05) is 16.8 Å². The van der Waals surface area contributed by atoms with E-state index in [1.807, 2.05) is 12.1 Å². The van der Waals surface area contributed by atoms with E-state index in [9.17, 15) is 23.2 Å². The minimum absolute atomic E-state index is 0.116. The lowest BCUT2D eigenvalue weighted by Crippen LogP contribution is -2.48. The fraction of sp³-hybridized carbons (Fsp3) is 0.250. The number of anilines is 2. The van der Waals surface area contributed by atoms with Crippen molar-refractivity contribution in [3.63, 3.8) is 0 Å². The van der Waals surface area contributed by atoms with Crippen molar-refractivity contribution in [1.29, 1.82) is 0 Å². The Labute approximate surface area is 184 Å². The monoisotopic (exact) mass is 468 g/mol. The van der Waals surface area contributed by atoms with Crippen LogP contribution in [0.3, 0.4) is 0 Å². The summed E-state index contributed by atoms with van der Waals surface area (Å²) in [5.41, 5.74) is 0.864. The molecule has 162 valence electrons. The van der Waals surface area contributed by atoms with E-state index in [1.54, 1.807) is 12.1 Å². The highest BCUT2D eigenvalue weighted by atomic mass is 35.5. The number of benzene rings is 2. The van der Waals surface area contributed by atoms with Gasteiger partial charge in [0.25, 0.3) is 5.91 Å². The van der Waals surface area contributed by atoms with Crippen LogP contribution in [0.2, 0.25) is 5.02 Å². The first-order valence-electron chi connectivity index (χ1n) is 9.13. The molecule has 4 rings (SSSR count). The number of esters is 1.